The molecular formula is C31H48N2+2. The Labute approximate surface area is 204 Å². The summed E-state index contributed by atoms with van der Waals surface area (Å²) in [6.07, 6.45) is 7.78. The number of aromatic nitrogens is 2. The molecule has 0 bridgehead atoms. The third kappa shape index (κ3) is 8.11. The van der Waals surface area contributed by atoms with E-state index in [0.717, 1.165) is 19.3 Å². The van der Waals surface area contributed by atoms with Crippen molar-refractivity contribution in [2.75, 3.05) is 0 Å². The number of hydrogen-bond acceptors (Lipinski definition) is 0. The highest BCUT2D eigenvalue weighted by Crippen LogP contribution is 2.24. The Morgan fingerprint density at radius 3 is 1.70 bits per heavy atom. The Morgan fingerprint density at radius 1 is 0.758 bits per heavy atom. The van der Waals surface area contributed by atoms with E-state index in [4.69, 9.17) is 0 Å². The summed E-state index contributed by atoms with van der Waals surface area (Å²) in [6.45, 7) is 15.7. The van der Waals surface area contributed by atoms with E-state index in [2.05, 4.69) is 133 Å². The van der Waals surface area contributed by atoms with Crippen LogP contribution in [0.4, 0.5) is 0 Å². The second kappa shape index (κ2) is 12.7. The van der Waals surface area contributed by atoms with Crippen molar-refractivity contribution in [3.63, 3.8) is 0 Å². The highest BCUT2D eigenvalue weighted by Gasteiger charge is 2.24. The maximum atomic E-state index is 2.34. The molecule has 2 aromatic heterocycles. The fourth-order valence-corrected chi connectivity index (χ4v) is 4.00. The molecule has 0 unspecified atom stereocenters. The highest BCUT2D eigenvalue weighted by atomic mass is 15.0. The van der Waals surface area contributed by atoms with Crippen molar-refractivity contribution in [2.45, 2.75) is 80.6 Å². The van der Waals surface area contributed by atoms with Crippen molar-refractivity contribution in [3.05, 3.63) is 83.2 Å². The zero-order chi connectivity index (χ0) is 23.9. The van der Waals surface area contributed by atoms with Crippen LogP contribution in [0.2, 0.25) is 0 Å². The van der Waals surface area contributed by atoms with Gasteiger partial charge in [-0.15, -0.1) is 0 Å². The Hall–Kier alpha value is -2.48. The van der Waals surface area contributed by atoms with Gasteiger partial charge in [-0.3, -0.25) is 0 Å². The van der Waals surface area contributed by atoms with Crippen molar-refractivity contribution in [2.24, 2.45) is 20.0 Å². The minimum absolute atomic E-state index is 0. The van der Waals surface area contributed by atoms with Crippen molar-refractivity contribution in [1.82, 2.24) is 0 Å². The molecule has 2 heterocycles. The van der Waals surface area contributed by atoms with E-state index in [-0.39, 0.29) is 12.8 Å². The van der Waals surface area contributed by atoms with Crippen LogP contribution in [0, 0.1) is 5.92 Å². The molecule has 0 amide bonds. The number of rotatable bonds is 5. The molecule has 0 fully saturated rings. The lowest BCUT2D eigenvalue weighted by Crippen LogP contribution is -2.39. The number of hydrogen-bond donors (Lipinski definition) is 0. The summed E-state index contributed by atoms with van der Waals surface area (Å²) in [4.78, 5) is 0. The Kier molecular flexibility index (Phi) is 11.0. The van der Waals surface area contributed by atoms with Crippen LogP contribution in [0.25, 0.3) is 11.4 Å². The van der Waals surface area contributed by atoms with E-state index in [0.29, 0.717) is 5.92 Å². The first-order chi connectivity index (χ1) is 15.1. The quantitative estimate of drug-likeness (QED) is 0.373. The third-order valence-corrected chi connectivity index (χ3v) is 6.02. The fraction of sp³-hybridized carbons (Fsp3) is 0.484. The van der Waals surface area contributed by atoms with Gasteiger partial charge in [-0.1, -0.05) is 80.2 Å². The number of aryl methyl sites for hydroxylation is 4. The van der Waals surface area contributed by atoms with E-state index in [1.807, 2.05) is 0 Å². The molecule has 0 N–H and O–H groups in total. The molecule has 1 aromatic carbocycles. The molecule has 180 valence electrons. The van der Waals surface area contributed by atoms with Crippen LogP contribution < -0.4 is 9.13 Å². The monoisotopic (exact) mass is 448 g/mol. The molecule has 0 aliphatic carbocycles. The van der Waals surface area contributed by atoms with Crippen molar-refractivity contribution in [3.8, 4) is 11.4 Å². The van der Waals surface area contributed by atoms with E-state index in [1.165, 1.54) is 33.6 Å². The predicted molar refractivity (Wildman–Crippen MR) is 143 cm³/mol. The summed E-state index contributed by atoms with van der Waals surface area (Å²) >= 11 is 0. The molecule has 0 saturated carbocycles. The van der Waals surface area contributed by atoms with Crippen LogP contribution in [0.15, 0.2) is 60.9 Å². The Morgan fingerprint density at radius 2 is 1.24 bits per heavy atom. The average Bonchev–Trinajstić information content (AvgIpc) is 2.74. The molecule has 0 saturated heterocycles. The van der Waals surface area contributed by atoms with Gasteiger partial charge in [0.15, 0.2) is 12.4 Å². The van der Waals surface area contributed by atoms with Gasteiger partial charge in [0.25, 0.3) is 11.4 Å². The van der Waals surface area contributed by atoms with E-state index >= 15 is 0 Å². The summed E-state index contributed by atoms with van der Waals surface area (Å²) in [5.74, 6) is 0.676. The zero-order valence-corrected chi connectivity index (χ0v) is 21.9. The van der Waals surface area contributed by atoms with Crippen LogP contribution in [-0.4, -0.2) is 0 Å². The number of benzene rings is 1. The first-order valence-corrected chi connectivity index (χ1v) is 12.1. The molecular weight excluding hydrogens is 400 g/mol. The Balaban J connectivity index is 0.000000417. The molecule has 0 aliphatic rings. The van der Waals surface area contributed by atoms with Gasteiger partial charge < -0.3 is 0 Å². The van der Waals surface area contributed by atoms with Crippen molar-refractivity contribution < 1.29 is 9.13 Å². The Bertz CT molecular complexity index is 987. The molecule has 33 heavy (non-hydrogen) atoms. The fourth-order valence-electron chi connectivity index (χ4n) is 4.00. The minimum Gasteiger partial charge on any atom is -0.196 e. The number of pyridine rings is 2. The normalized spacial score (nSPS) is 11.0. The zero-order valence-electron chi connectivity index (χ0n) is 21.9. The lowest BCUT2D eigenvalue weighted by atomic mass is 9.87. The molecule has 0 radical (unpaired) electrons. The third-order valence-electron chi connectivity index (χ3n) is 6.02. The molecule has 2 nitrogen and oxygen atoms in total. The maximum Gasteiger partial charge on any atom is 0.277 e. The van der Waals surface area contributed by atoms with Gasteiger partial charge in [0, 0.05) is 24.3 Å². The van der Waals surface area contributed by atoms with Gasteiger partial charge in [-0.2, -0.15) is 9.13 Å². The molecule has 0 spiro atoms. The van der Waals surface area contributed by atoms with Crippen LogP contribution in [0.1, 0.15) is 78.1 Å². The maximum absolute atomic E-state index is 2.34. The smallest absolute Gasteiger partial charge is 0.196 e. The van der Waals surface area contributed by atoms with Crippen molar-refractivity contribution in [1.29, 1.82) is 0 Å². The standard InChI is InChI=1S/C20H30N2.C10H14.CH4/c1-15(2)12-16-8-10-21(6)18(13-16)19-14-17(20(3,4)5)9-11-22(19)7;1-3-9-7-5-6-8-10(9)4-2;/h8-11,13-15H,12H2,1-7H3;5-8H,3-4H2,1-2H3;1H4/q+2;;. The lowest BCUT2D eigenvalue weighted by molar-refractivity contribution is -0.690. The van der Waals surface area contributed by atoms with Gasteiger partial charge in [-0.05, 0) is 52.8 Å². The van der Waals surface area contributed by atoms with E-state index in [1.54, 1.807) is 0 Å². The SMILES string of the molecule is C.CC(C)Cc1cc[n+](C)c(-c2cc(C(C)(C)C)cc[n+]2C)c1.CCc1ccccc1CC. The molecule has 2 heteroatoms. The summed E-state index contributed by atoms with van der Waals surface area (Å²) in [5, 5.41) is 0. The van der Waals surface area contributed by atoms with Gasteiger partial charge in [0.1, 0.15) is 14.1 Å². The molecule has 0 atom stereocenters. The van der Waals surface area contributed by atoms with Crippen LogP contribution in [0.5, 0.6) is 0 Å². The highest BCUT2D eigenvalue weighted by molar-refractivity contribution is 5.50. The topological polar surface area (TPSA) is 7.76 Å². The predicted octanol–water partition coefficient (Wildman–Crippen LogP) is 6.95. The average molecular weight is 449 g/mol. The van der Waals surface area contributed by atoms with Crippen molar-refractivity contribution >= 4 is 0 Å². The summed E-state index contributed by atoms with van der Waals surface area (Å²) < 4.78 is 4.43. The summed E-state index contributed by atoms with van der Waals surface area (Å²) in [5.41, 5.74) is 8.46. The second-order valence-corrected chi connectivity index (χ2v) is 10.3. The molecule has 3 rings (SSSR count). The van der Waals surface area contributed by atoms with E-state index in [9.17, 15) is 0 Å². The second-order valence-electron chi connectivity index (χ2n) is 10.3. The molecule has 3 aromatic rings. The summed E-state index contributed by atoms with van der Waals surface area (Å²) in [6, 6.07) is 17.8. The largest absolute Gasteiger partial charge is 0.277 e. The van der Waals surface area contributed by atoms with Crippen LogP contribution in [0.3, 0.4) is 0 Å². The van der Waals surface area contributed by atoms with E-state index < -0.39 is 0 Å². The summed E-state index contributed by atoms with van der Waals surface area (Å²) in [7, 11) is 4.25. The van der Waals surface area contributed by atoms with Gasteiger partial charge in [0.05, 0.1) is 0 Å². The number of nitrogens with zero attached hydrogens (tertiary/aromatic N) is 2. The van der Waals surface area contributed by atoms with Gasteiger partial charge >= 0.3 is 0 Å². The van der Waals surface area contributed by atoms with Gasteiger partial charge in [-0.25, -0.2) is 0 Å². The molecule has 0 aliphatic heterocycles. The van der Waals surface area contributed by atoms with Crippen LogP contribution >= 0.6 is 0 Å². The van der Waals surface area contributed by atoms with Gasteiger partial charge in [0.2, 0.25) is 0 Å². The lowest BCUT2D eigenvalue weighted by Gasteiger charge is -2.18. The minimum atomic E-state index is 0. The first-order valence-electron chi connectivity index (χ1n) is 12.1. The first kappa shape index (κ1) is 28.6. The van der Waals surface area contributed by atoms with Crippen LogP contribution in [-0.2, 0) is 38.8 Å².